The Morgan fingerprint density at radius 1 is 1.32 bits per heavy atom. The molecular formula is C15H20N4O3. The molecule has 0 unspecified atom stereocenters. The van der Waals surface area contributed by atoms with Crippen molar-refractivity contribution in [3.63, 3.8) is 0 Å². The first-order chi connectivity index (χ1) is 10.6. The van der Waals surface area contributed by atoms with Crippen LogP contribution < -0.4 is 20.5 Å². The predicted molar refractivity (Wildman–Crippen MR) is 83.3 cm³/mol. The van der Waals surface area contributed by atoms with Crippen molar-refractivity contribution in [1.82, 2.24) is 9.78 Å². The van der Waals surface area contributed by atoms with Crippen LogP contribution in [0.3, 0.4) is 0 Å². The van der Waals surface area contributed by atoms with Crippen molar-refractivity contribution < 1.29 is 14.3 Å². The molecule has 1 aromatic carbocycles. The number of anilines is 1. The number of methoxy groups -OCH3 is 2. The third-order valence-corrected chi connectivity index (χ3v) is 3.25. The van der Waals surface area contributed by atoms with E-state index in [4.69, 9.17) is 15.2 Å². The fourth-order valence-corrected chi connectivity index (χ4v) is 2.10. The monoisotopic (exact) mass is 304 g/mol. The van der Waals surface area contributed by atoms with Gasteiger partial charge in [-0.3, -0.25) is 4.79 Å². The summed E-state index contributed by atoms with van der Waals surface area (Å²) in [6.45, 7) is 2.31. The molecule has 2 rings (SSSR count). The zero-order valence-electron chi connectivity index (χ0n) is 12.9. The van der Waals surface area contributed by atoms with Gasteiger partial charge in [0.15, 0.2) is 11.5 Å². The Bertz CT molecular complexity index is 667. The lowest BCUT2D eigenvalue weighted by molar-refractivity contribution is -0.115. The number of aromatic nitrogens is 2. The first kappa shape index (κ1) is 15.8. The number of amides is 1. The van der Waals surface area contributed by atoms with Crippen LogP contribution in [-0.2, 0) is 11.3 Å². The van der Waals surface area contributed by atoms with Gasteiger partial charge in [0.1, 0.15) is 5.82 Å². The second-order valence-electron chi connectivity index (χ2n) is 4.78. The zero-order valence-corrected chi connectivity index (χ0v) is 12.9. The fourth-order valence-electron chi connectivity index (χ4n) is 2.10. The van der Waals surface area contributed by atoms with Crippen molar-refractivity contribution in [3.8, 4) is 11.5 Å². The molecule has 7 nitrogen and oxygen atoms in total. The lowest BCUT2D eigenvalue weighted by Crippen LogP contribution is -2.24. The summed E-state index contributed by atoms with van der Waals surface area (Å²) < 4.78 is 12.2. The Balaban J connectivity index is 2.26. The minimum Gasteiger partial charge on any atom is -0.493 e. The van der Waals surface area contributed by atoms with E-state index in [1.165, 1.54) is 0 Å². The van der Waals surface area contributed by atoms with Gasteiger partial charge in [-0.05, 0) is 24.6 Å². The molecule has 0 saturated carbocycles. The average molecular weight is 304 g/mol. The Morgan fingerprint density at radius 2 is 2.05 bits per heavy atom. The highest BCUT2D eigenvalue weighted by molar-refractivity contribution is 5.91. The first-order valence-electron chi connectivity index (χ1n) is 6.82. The summed E-state index contributed by atoms with van der Waals surface area (Å²) in [7, 11) is 3.18. The van der Waals surface area contributed by atoms with E-state index in [-0.39, 0.29) is 12.5 Å². The summed E-state index contributed by atoms with van der Waals surface area (Å²) >= 11 is 0. The molecule has 22 heavy (non-hydrogen) atoms. The molecular weight excluding hydrogens is 284 g/mol. The topological polar surface area (TPSA) is 91.4 Å². The quantitative estimate of drug-likeness (QED) is 0.835. The molecule has 1 amide bonds. The van der Waals surface area contributed by atoms with Crippen LogP contribution >= 0.6 is 0 Å². The number of ether oxygens (including phenoxy) is 2. The van der Waals surface area contributed by atoms with Crippen LogP contribution in [0.5, 0.6) is 11.5 Å². The predicted octanol–water partition coefficient (Wildman–Crippen LogP) is 1.15. The van der Waals surface area contributed by atoms with Crippen LogP contribution in [0.1, 0.15) is 11.1 Å². The van der Waals surface area contributed by atoms with E-state index < -0.39 is 0 Å². The van der Waals surface area contributed by atoms with Gasteiger partial charge in [-0.15, -0.1) is 0 Å². The lowest BCUT2D eigenvalue weighted by Gasteiger charge is -2.12. The van der Waals surface area contributed by atoms with Crippen molar-refractivity contribution in [2.75, 3.05) is 26.1 Å². The molecule has 7 heteroatoms. The number of nitrogens with zero attached hydrogens (tertiary/aromatic N) is 2. The fraction of sp³-hybridized carbons (Fsp3) is 0.333. The van der Waals surface area contributed by atoms with Gasteiger partial charge in [0.05, 0.1) is 33.5 Å². The standard InChI is InChI=1S/C15H20N4O3/c1-10-8-17-19(15(10)18-14(20)7-16)9-11-4-5-12(21-2)13(6-11)22-3/h4-6,8H,7,9,16H2,1-3H3,(H,18,20). The van der Waals surface area contributed by atoms with Crippen LogP contribution in [0.2, 0.25) is 0 Å². The molecule has 118 valence electrons. The van der Waals surface area contributed by atoms with Crippen LogP contribution in [0.25, 0.3) is 0 Å². The Labute approximate surface area is 129 Å². The summed E-state index contributed by atoms with van der Waals surface area (Å²) in [6.07, 6.45) is 1.70. The zero-order chi connectivity index (χ0) is 16.1. The van der Waals surface area contributed by atoms with Gasteiger partial charge in [-0.2, -0.15) is 5.10 Å². The van der Waals surface area contributed by atoms with Crippen molar-refractivity contribution in [2.45, 2.75) is 13.5 Å². The van der Waals surface area contributed by atoms with Crippen molar-refractivity contribution >= 4 is 11.7 Å². The summed E-state index contributed by atoms with van der Waals surface area (Å²) in [5.74, 6) is 1.71. The summed E-state index contributed by atoms with van der Waals surface area (Å²) in [4.78, 5) is 11.5. The first-order valence-corrected chi connectivity index (χ1v) is 6.82. The maximum atomic E-state index is 11.5. The number of nitrogens with two attached hydrogens (primary N) is 1. The van der Waals surface area contributed by atoms with E-state index in [0.29, 0.717) is 23.9 Å². The van der Waals surface area contributed by atoms with Crippen LogP contribution in [-0.4, -0.2) is 36.5 Å². The largest absolute Gasteiger partial charge is 0.493 e. The molecule has 2 aromatic rings. The molecule has 0 spiro atoms. The van der Waals surface area contributed by atoms with Gasteiger partial charge >= 0.3 is 0 Å². The second kappa shape index (κ2) is 6.95. The van der Waals surface area contributed by atoms with Gasteiger partial charge < -0.3 is 20.5 Å². The number of rotatable bonds is 6. The lowest BCUT2D eigenvalue weighted by atomic mass is 10.2. The number of benzene rings is 1. The third kappa shape index (κ3) is 3.37. The highest BCUT2D eigenvalue weighted by Crippen LogP contribution is 2.28. The molecule has 0 aliphatic rings. The molecule has 0 aliphatic heterocycles. The number of nitrogens with one attached hydrogen (secondary N) is 1. The Hall–Kier alpha value is -2.54. The molecule has 1 aromatic heterocycles. The molecule has 0 aliphatic carbocycles. The smallest absolute Gasteiger partial charge is 0.239 e. The van der Waals surface area contributed by atoms with Gasteiger partial charge in [0, 0.05) is 5.56 Å². The van der Waals surface area contributed by atoms with Gasteiger partial charge in [0.2, 0.25) is 5.91 Å². The molecule has 0 radical (unpaired) electrons. The van der Waals surface area contributed by atoms with Crippen LogP contribution in [0.15, 0.2) is 24.4 Å². The van der Waals surface area contributed by atoms with E-state index in [9.17, 15) is 4.79 Å². The summed E-state index contributed by atoms with van der Waals surface area (Å²) in [6, 6.07) is 5.64. The second-order valence-corrected chi connectivity index (χ2v) is 4.78. The van der Waals surface area contributed by atoms with E-state index in [1.54, 1.807) is 25.1 Å². The van der Waals surface area contributed by atoms with E-state index in [1.807, 2.05) is 25.1 Å². The maximum Gasteiger partial charge on any atom is 0.239 e. The summed E-state index contributed by atoms with van der Waals surface area (Å²) in [5.41, 5.74) is 7.19. The van der Waals surface area contributed by atoms with Gasteiger partial charge in [0.25, 0.3) is 0 Å². The number of hydrogen-bond acceptors (Lipinski definition) is 5. The maximum absolute atomic E-state index is 11.5. The van der Waals surface area contributed by atoms with Crippen LogP contribution in [0, 0.1) is 6.92 Å². The molecule has 0 fully saturated rings. The molecule has 0 atom stereocenters. The number of carbonyl (C=O) groups excluding carboxylic acids is 1. The van der Waals surface area contributed by atoms with Crippen molar-refractivity contribution in [3.05, 3.63) is 35.5 Å². The number of carbonyl (C=O) groups is 1. The highest BCUT2D eigenvalue weighted by atomic mass is 16.5. The molecule has 0 saturated heterocycles. The van der Waals surface area contributed by atoms with Crippen molar-refractivity contribution in [2.24, 2.45) is 5.73 Å². The van der Waals surface area contributed by atoms with Crippen molar-refractivity contribution in [1.29, 1.82) is 0 Å². The van der Waals surface area contributed by atoms with Gasteiger partial charge in [-0.1, -0.05) is 6.07 Å². The summed E-state index contributed by atoms with van der Waals surface area (Å²) in [5, 5.41) is 7.05. The highest BCUT2D eigenvalue weighted by Gasteiger charge is 2.12. The Morgan fingerprint density at radius 3 is 2.68 bits per heavy atom. The normalized spacial score (nSPS) is 10.4. The third-order valence-electron chi connectivity index (χ3n) is 3.25. The number of aryl methyl sites for hydroxylation is 1. The Kier molecular flexibility index (Phi) is 5.00. The SMILES string of the molecule is COc1ccc(Cn2ncc(C)c2NC(=O)CN)cc1OC. The minimum atomic E-state index is -0.253. The minimum absolute atomic E-state index is 0.0685. The molecule has 1 heterocycles. The van der Waals surface area contributed by atoms with E-state index >= 15 is 0 Å². The van der Waals surface area contributed by atoms with Gasteiger partial charge in [-0.25, -0.2) is 4.68 Å². The molecule has 3 N–H and O–H groups in total. The van der Waals surface area contributed by atoms with E-state index in [2.05, 4.69) is 10.4 Å². The number of hydrogen-bond donors (Lipinski definition) is 2. The average Bonchev–Trinajstić information content (AvgIpc) is 2.87. The van der Waals surface area contributed by atoms with E-state index in [0.717, 1.165) is 11.1 Å². The molecule has 0 bridgehead atoms. The van der Waals surface area contributed by atoms with Crippen LogP contribution in [0.4, 0.5) is 5.82 Å².